The molecule has 0 aliphatic rings. The number of amides is 2. The summed E-state index contributed by atoms with van der Waals surface area (Å²) in [5.41, 5.74) is 2.80. The number of carbonyl (C=O) groups excluding carboxylic acids is 2. The van der Waals surface area contributed by atoms with Crippen LogP contribution in [0.25, 0.3) is 0 Å². The van der Waals surface area contributed by atoms with Crippen LogP contribution in [0.2, 0.25) is 0 Å². The molecule has 5 nitrogen and oxygen atoms in total. The molecule has 0 fully saturated rings. The highest BCUT2D eigenvalue weighted by Gasteiger charge is 2.12. The van der Waals surface area contributed by atoms with Crippen molar-refractivity contribution in [3.63, 3.8) is 0 Å². The van der Waals surface area contributed by atoms with Gasteiger partial charge in [0.1, 0.15) is 0 Å². The number of carbonyl (C=O) groups is 2. The van der Waals surface area contributed by atoms with Gasteiger partial charge in [0.15, 0.2) is 0 Å². The second kappa shape index (κ2) is 9.76. The van der Waals surface area contributed by atoms with Crippen LogP contribution in [0.15, 0.2) is 48.5 Å². The van der Waals surface area contributed by atoms with Gasteiger partial charge in [-0.05, 0) is 69.7 Å². The van der Waals surface area contributed by atoms with Crippen LogP contribution < -0.4 is 15.5 Å². The number of hydrogen-bond donors (Lipinski definition) is 2. The molecule has 2 aromatic carbocycles. The molecule has 27 heavy (non-hydrogen) atoms. The number of rotatable bonds is 8. The molecule has 0 aliphatic heterocycles. The van der Waals surface area contributed by atoms with Gasteiger partial charge in [-0.3, -0.25) is 9.59 Å². The summed E-state index contributed by atoms with van der Waals surface area (Å²) in [6.07, 6.45) is 0.857. The van der Waals surface area contributed by atoms with Crippen LogP contribution in [0.4, 0.5) is 11.4 Å². The van der Waals surface area contributed by atoms with Crippen molar-refractivity contribution >= 4 is 23.2 Å². The third-order valence-corrected chi connectivity index (χ3v) is 4.63. The summed E-state index contributed by atoms with van der Waals surface area (Å²) in [7, 11) is 0. The van der Waals surface area contributed by atoms with Crippen molar-refractivity contribution in [3.05, 3.63) is 59.7 Å². The van der Waals surface area contributed by atoms with Gasteiger partial charge >= 0.3 is 0 Å². The minimum absolute atomic E-state index is 0.0966. The number of hydrogen-bond acceptors (Lipinski definition) is 3. The van der Waals surface area contributed by atoms with Crippen LogP contribution >= 0.6 is 0 Å². The van der Waals surface area contributed by atoms with E-state index in [9.17, 15) is 9.59 Å². The van der Waals surface area contributed by atoms with Crippen LogP contribution in [0.5, 0.6) is 0 Å². The van der Waals surface area contributed by atoms with Crippen LogP contribution in [-0.2, 0) is 0 Å². The summed E-state index contributed by atoms with van der Waals surface area (Å²) in [5.74, 6) is -0.397. The SMILES string of the molecule is CCC(C)NC(=O)c1cccc(C(=O)Nc2ccc(N(CC)CC)cc2)c1. The van der Waals surface area contributed by atoms with Crippen molar-refractivity contribution in [2.75, 3.05) is 23.3 Å². The van der Waals surface area contributed by atoms with E-state index in [4.69, 9.17) is 0 Å². The Balaban J connectivity index is 2.07. The summed E-state index contributed by atoms with van der Waals surface area (Å²) in [5, 5.41) is 5.80. The second-order valence-corrected chi connectivity index (χ2v) is 6.54. The molecule has 0 saturated heterocycles. The molecule has 0 saturated carbocycles. The Labute approximate surface area is 161 Å². The molecule has 1 unspecified atom stereocenters. The standard InChI is InChI=1S/C22H29N3O2/c1-5-16(4)23-21(26)17-9-8-10-18(15-17)22(27)24-19-11-13-20(14-12-19)25(6-2)7-3/h8-16H,5-7H2,1-4H3,(H,23,26)(H,24,27). The Kier molecular flexibility index (Phi) is 7.41. The van der Waals surface area contributed by atoms with Gasteiger partial charge in [0.2, 0.25) is 0 Å². The zero-order chi connectivity index (χ0) is 19.8. The lowest BCUT2D eigenvalue weighted by Gasteiger charge is -2.21. The fourth-order valence-corrected chi connectivity index (χ4v) is 2.76. The highest BCUT2D eigenvalue weighted by molar-refractivity contribution is 6.06. The van der Waals surface area contributed by atoms with E-state index < -0.39 is 0 Å². The lowest BCUT2D eigenvalue weighted by atomic mass is 10.1. The Morgan fingerprint density at radius 3 is 2.07 bits per heavy atom. The van der Waals surface area contributed by atoms with E-state index in [-0.39, 0.29) is 17.9 Å². The van der Waals surface area contributed by atoms with Gasteiger partial charge in [-0.15, -0.1) is 0 Å². The first-order chi connectivity index (χ1) is 13.0. The minimum Gasteiger partial charge on any atom is -0.372 e. The van der Waals surface area contributed by atoms with Crippen LogP contribution in [0, 0.1) is 0 Å². The van der Waals surface area contributed by atoms with E-state index in [1.165, 1.54) is 0 Å². The Bertz CT molecular complexity index is 767. The highest BCUT2D eigenvalue weighted by Crippen LogP contribution is 2.18. The first kappa shape index (κ1) is 20.5. The molecule has 0 radical (unpaired) electrons. The van der Waals surface area contributed by atoms with Crippen LogP contribution in [0.3, 0.4) is 0 Å². The highest BCUT2D eigenvalue weighted by atomic mass is 16.2. The average Bonchev–Trinajstić information content (AvgIpc) is 2.70. The van der Waals surface area contributed by atoms with E-state index in [0.717, 1.165) is 30.9 Å². The minimum atomic E-state index is -0.233. The van der Waals surface area contributed by atoms with E-state index in [0.29, 0.717) is 11.1 Å². The monoisotopic (exact) mass is 367 g/mol. The second-order valence-electron chi connectivity index (χ2n) is 6.54. The predicted molar refractivity (Wildman–Crippen MR) is 112 cm³/mol. The maximum atomic E-state index is 12.5. The third kappa shape index (κ3) is 5.58. The van der Waals surface area contributed by atoms with Crippen molar-refractivity contribution in [1.82, 2.24) is 5.32 Å². The third-order valence-electron chi connectivity index (χ3n) is 4.63. The van der Waals surface area contributed by atoms with Gasteiger partial charge in [0.05, 0.1) is 0 Å². The van der Waals surface area contributed by atoms with E-state index in [1.807, 2.05) is 38.1 Å². The summed E-state index contributed by atoms with van der Waals surface area (Å²) in [4.78, 5) is 27.0. The molecular formula is C22H29N3O2. The Hall–Kier alpha value is -2.82. The summed E-state index contributed by atoms with van der Waals surface area (Å²) < 4.78 is 0. The quantitative estimate of drug-likeness (QED) is 0.731. The van der Waals surface area contributed by atoms with Gasteiger partial charge < -0.3 is 15.5 Å². The molecule has 5 heteroatoms. The van der Waals surface area contributed by atoms with Crippen molar-refractivity contribution in [1.29, 1.82) is 0 Å². The van der Waals surface area contributed by atoms with E-state index in [2.05, 4.69) is 29.4 Å². The Morgan fingerprint density at radius 2 is 1.52 bits per heavy atom. The first-order valence-corrected chi connectivity index (χ1v) is 9.55. The number of nitrogens with one attached hydrogen (secondary N) is 2. The molecule has 2 rings (SSSR count). The largest absolute Gasteiger partial charge is 0.372 e. The summed E-state index contributed by atoms with van der Waals surface area (Å²) in [6.45, 7) is 10.1. The normalized spacial score (nSPS) is 11.6. The van der Waals surface area contributed by atoms with Gasteiger partial charge in [-0.2, -0.15) is 0 Å². The van der Waals surface area contributed by atoms with Crippen molar-refractivity contribution < 1.29 is 9.59 Å². The fraction of sp³-hybridized carbons (Fsp3) is 0.364. The maximum Gasteiger partial charge on any atom is 0.255 e. The van der Waals surface area contributed by atoms with E-state index >= 15 is 0 Å². The Morgan fingerprint density at radius 1 is 0.926 bits per heavy atom. The van der Waals surface area contributed by atoms with Crippen LogP contribution in [-0.4, -0.2) is 30.9 Å². The van der Waals surface area contributed by atoms with Crippen LogP contribution in [0.1, 0.15) is 54.8 Å². The van der Waals surface area contributed by atoms with Gasteiger partial charge in [0.25, 0.3) is 11.8 Å². The predicted octanol–water partition coefficient (Wildman–Crippen LogP) is 4.31. The first-order valence-electron chi connectivity index (χ1n) is 9.55. The molecule has 0 spiro atoms. The van der Waals surface area contributed by atoms with E-state index in [1.54, 1.807) is 24.3 Å². The molecule has 2 aromatic rings. The number of nitrogens with zero attached hydrogens (tertiary/aromatic N) is 1. The van der Waals surface area contributed by atoms with Crippen molar-refractivity contribution in [2.45, 2.75) is 40.2 Å². The van der Waals surface area contributed by atoms with Gasteiger partial charge in [0, 0.05) is 41.6 Å². The van der Waals surface area contributed by atoms with Crippen molar-refractivity contribution in [3.8, 4) is 0 Å². The molecule has 0 bridgehead atoms. The molecule has 2 amide bonds. The molecule has 1 atom stereocenters. The zero-order valence-corrected chi connectivity index (χ0v) is 16.6. The number of anilines is 2. The average molecular weight is 367 g/mol. The maximum absolute atomic E-state index is 12.5. The zero-order valence-electron chi connectivity index (χ0n) is 16.6. The summed E-state index contributed by atoms with van der Waals surface area (Å²) >= 11 is 0. The van der Waals surface area contributed by atoms with Gasteiger partial charge in [-0.1, -0.05) is 13.0 Å². The fourth-order valence-electron chi connectivity index (χ4n) is 2.76. The molecule has 0 heterocycles. The lowest BCUT2D eigenvalue weighted by molar-refractivity contribution is 0.0939. The molecular weight excluding hydrogens is 338 g/mol. The molecule has 144 valence electrons. The molecule has 2 N–H and O–H groups in total. The molecule has 0 aromatic heterocycles. The number of benzene rings is 2. The van der Waals surface area contributed by atoms with Crippen molar-refractivity contribution in [2.24, 2.45) is 0 Å². The summed E-state index contributed by atoms with van der Waals surface area (Å²) in [6, 6.07) is 14.7. The smallest absolute Gasteiger partial charge is 0.255 e. The molecule has 0 aliphatic carbocycles. The van der Waals surface area contributed by atoms with Gasteiger partial charge in [-0.25, -0.2) is 0 Å². The lowest BCUT2D eigenvalue weighted by Crippen LogP contribution is -2.32. The topological polar surface area (TPSA) is 61.4 Å².